The smallest absolute Gasteiger partial charge is 0.104 e. The van der Waals surface area contributed by atoms with Crippen molar-refractivity contribution in [1.82, 2.24) is 4.98 Å². The molecule has 1 rings (SSSR count). The van der Waals surface area contributed by atoms with E-state index in [0.717, 1.165) is 0 Å². The number of nitrogens with one attached hydrogen (secondary N) is 1. The number of aromatic nitrogens is 1. The maximum atomic E-state index is 8.45. The second-order valence-electron chi connectivity index (χ2n) is 1.67. The molecule has 2 nitrogen and oxygen atoms in total. The fourth-order valence-electron chi connectivity index (χ4n) is 0.540. The van der Waals surface area contributed by atoms with Gasteiger partial charge in [0.25, 0.3) is 0 Å². The molecule has 0 aliphatic carbocycles. The first-order valence-corrected chi connectivity index (χ1v) is 3.31. The van der Waals surface area contributed by atoms with Crippen LogP contribution in [-0.4, -0.2) is 4.98 Å². The molecule has 0 fully saturated rings. The normalized spacial score (nSPS) is 8.80. The lowest BCUT2D eigenvalue weighted by Gasteiger charge is -1.90. The number of hydrogen-bond acceptors (Lipinski definition) is 2. The summed E-state index contributed by atoms with van der Waals surface area (Å²) in [5.74, 6) is 0. The third-order valence-corrected chi connectivity index (χ3v) is 1.54. The Balaban J connectivity index is 3.40. The van der Waals surface area contributed by atoms with Gasteiger partial charge in [-0.1, -0.05) is 23.8 Å². The number of nitriles is 1. The molecule has 1 heterocycles. The van der Waals surface area contributed by atoms with Crippen molar-refractivity contribution in [2.45, 2.75) is 0 Å². The lowest BCUT2D eigenvalue weighted by molar-refractivity contribution is 1.28. The molecule has 50 valence electrons. The van der Waals surface area contributed by atoms with Gasteiger partial charge >= 0.3 is 0 Å². The molecule has 0 aliphatic rings. The summed E-state index contributed by atoms with van der Waals surface area (Å²) < 4.78 is 0.515. The summed E-state index contributed by atoms with van der Waals surface area (Å²) >= 11 is 10.4. The molecular formula is C6H3ClN2S. The molecule has 4 heteroatoms. The number of pyridine rings is 1. The number of H-pyrrole nitrogens is 1. The van der Waals surface area contributed by atoms with E-state index in [0.29, 0.717) is 15.2 Å². The van der Waals surface area contributed by atoms with Crippen LogP contribution in [0.4, 0.5) is 0 Å². The van der Waals surface area contributed by atoms with Crippen LogP contribution in [0.5, 0.6) is 0 Å². The molecule has 1 aromatic rings. The fraction of sp³-hybridized carbons (Fsp3) is 0. The van der Waals surface area contributed by atoms with Crippen LogP contribution >= 0.6 is 23.8 Å². The number of hydrogen-bond donors (Lipinski definition) is 1. The van der Waals surface area contributed by atoms with E-state index in [4.69, 9.17) is 29.1 Å². The molecule has 0 aromatic carbocycles. The molecule has 0 saturated heterocycles. The summed E-state index contributed by atoms with van der Waals surface area (Å²) in [5, 5.41) is 8.85. The van der Waals surface area contributed by atoms with Gasteiger partial charge in [0, 0.05) is 6.20 Å². The number of rotatable bonds is 0. The Labute approximate surface area is 68.1 Å². The van der Waals surface area contributed by atoms with E-state index in [9.17, 15) is 0 Å². The van der Waals surface area contributed by atoms with Crippen LogP contribution in [-0.2, 0) is 0 Å². The average Bonchev–Trinajstić information content (AvgIpc) is 1.94. The Morgan fingerprint density at radius 1 is 1.70 bits per heavy atom. The lowest BCUT2D eigenvalue weighted by atomic mass is 10.3. The number of nitrogens with zero attached hydrogens (tertiary/aromatic N) is 1. The minimum atomic E-state index is 0.399. The van der Waals surface area contributed by atoms with Crippen molar-refractivity contribution < 1.29 is 0 Å². The highest BCUT2D eigenvalue weighted by Gasteiger charge is 1.95. The molecule has 0 radical (unpaired) electrons. The van der Waals surface area contributed by atoms with Gasteiger partial charge < -0.3 is 4.98 Å². The second kappa shape index (κ2) is 2.82. The average molecular weight is 171 g/mol. The molecule has 0 spiro atoms. The van der Waals surface area contributed by atoms with Gasteiger partial charge in [-0.05, 0) is 6.07 Å². The molecule has 0 amide bonds. The van der Waals surface area contributed by atoms with Gasteiger partial charge in [-0.15, -0.1) is 0 Å². The van der Waals surface area contributed by atoms with Crippen molar-refractivity contribution in [3.8, 4) is 6.07 Å². The minimum absolute atomic E-state index is 0.399. The second-order valence-corrected chi connectivity index (χ2v) is 2.52. The summed E-state index contributed by atoms with van der Waals surface area (Å²) in [7, 11) is 0. The van der Waals surface area contributed by atoms with Gasteiger partial charge in [0.1, 0.15) is 10.7 Å². The van der Waals surface area contributed by atoms with Gasteiger partial charge in [-0.3, -0.25) is 0 Å². The molecule has 0 bridgehead atoms. The van der Waals surface area contributed by atoms with E-state index in [1.54, 1.807) is 0 Å². The topological polar surface area (TPSA) is 39.6 Å². The van der Waals surface area contributed by atoms with Gasteiger partial charge in [-0.25, -0.2) is 0 Å². The SMILES string of the molecule is N#Cc1cc(=S)[nH]cc1Cl. The molecule has 0 saturated carbocycles. The molecule has 0 aliphatic heterocycles. The predicted molar refractivity (Wildman–Crippen MR) is 41.4 cm³/mol. The van der Waals surface area contributed by atoms with Crippen LogP contribution in [0.1, 0.15) is 5.56 Å². The van der Waals surface area contributed by atoms with Crippen molar-refractivity contribution >= 4 is 23.8 Å². The third-order valence-electron chi connectivity index (χ3n) is 0.994. The highest BCUT2D eigenvalue weighted by molar-refractivity contribution is 7.71. The Kier molecular flexibility index (Phi) is 2.05. The zero-order chi connectivity index (χ0) is 7.56. The maximum Gasteiger partial charge on any atom is 0.104 e. The van der Waals surface area contributed by atoms with E-state index in [2.05, 4.69) is 4.98 Å². The van der Waals surface area contributed by atoms with Crippen LogP contribution in [0.25, 0.3) is 0 Å². The molecule has 1 N–H and O–H groups in total. The molecule has 0 unspecified atom stereocenters. The molecule has 1 aromatic heterocycles. The van der Waals surface area contributed by atoms with E-state index in [1.807, 2.05) is 6.07 Å². The Hall–Kier alpha value is -0.850. The zero-order valence-corrected chi connectivity index (χ0v) is 6.46. The van der Waals surface area contributed by atoms with Crippen molar-refractivity contribution in [1.29, 1.82) is 5.26 Å². The quantitative estimate of drug-likeness (QED) is 0.607. The molecule has 0 atom stereocenters. The number of halogens is 1. The minimum Gasteiger partial charge on any atom is -0.351 e. The van der Waals surface area contributed by atoms with Crippen LogP contribution in [0.15, 0.2) is 12.3 Å². The Morgan fingerprint density at radius 2 is 2.40 bits per heavy atom. The fourth-order valence-corrected chi connectivity index (χ4v) is 0.868. The van der Waals surface area contributed by atoms with Gasteiger partial charge in [-0.2, -0.15) is 5.26 Å². The van der Waals surface area contributed by atoms with Gasteiger partial charge in [0.15, 0.2) is 0 Å². The van der Waals surface area contributed by atoms with Gasteiger partial charge in [0.05, 0.1) is 10.6 Å². The highest BCUT2D eigenvalue weighted by atomic mass is 35.5. The standard InChI is InChI=1S/C6H3ClN2S/c7-5-3-9-6(10)1-4(5)2-8/h1,3H,(H,9,10). The van der Waals surface area contributed by atoms with E-state index < -0.39 is 0 Å². The van der Waals surface area contributed by atoms with Crippen molar-refractivity contribution in [3.63, 3.8) is 0 Å². The van der Waals surface area contributed by atoms with Crippen molar-refractivity contribution in [3.05, 3.63) is 27.5 Å². The van der Waals surface area contributed by atoms with Gasteiger partial charge in [0.2, 0.25) is 0 Å². The first-order valence-electron chi connectivity index (χ1n) is 2.52. The van der Waals surface area contributed by atoms with Crippen LogP contribution in [0.3, 0.4) is 0 Å². The van der Waals surface area contributed by atoms with Crippen LogP contribution in [0, 0.1) is 16.0 Å². The van der Waals surface area contributed by atoms with E-state index >= 15 is 0 Å². The van der Waals surface area contributed by atoms with Crippen molar-refractivity contribution in [2.24, 2.45) is 0 Å². The summed E-state index contributed by atoms with van der Waals surface area (Å²) in [6, 6.07) is 3.44. The molecular weight excluding hydrogens is 168 g/mol. The summed E-state index contributed by atoms with van der Waals surface area (Å²) in [4.78, 5) is 2.71. The highest BCUT2D eigenvalue weighted by Crippen LogP contribution is 2.11. The maximum absolute atomic E-state index is 8.45. The first-order chi connectivity index (χ1) is 4.74. The summed E-state index contributed by atoms with van der Waals surface area (Å²) in [5.41, 5.74) is 0.408. The van der Waals surface area contributed by atoms with E-state index in [-0.39, 0.29) is 0 Å². The van der Waals surface area contributed by atoms with Crippen LogP contribution < -0.4 is 0 Å². The first kappa shape index (κ1) is 7.26. The summed E-state index contributed by atoms with van der Waals surface area (Å²) in [6.07, 6.45) is 1.50. The largest absolute Gasteiger partial charge is 0.351 e. The van der Waals surface area contributed by atoms with Crippen LogP contribution in [0.2, 0.25) is 5.02 Å². The Bertz CT molecular complexity index is 336. The van der Waals surface area contributed by atoms with E-state index in [1.165, 1.54) is 12.3 Å². The lowest BCUT2D eigenvalue weighted by Crippen LogP contribution is -1.79. The number of aromatic amines is 1. The Morgan fingerprint density at radius 3 is 2.90 bits per heavy atom. The third kappa shape index (κ3) is 1.35. The van der Waals surface area contributed by atoms with Crippen molar-refractivity contribution in [2.75, 3.05) is 0 Å². The summed E-state index contributed by atoms with van der Waals surface area (Å²) in [6.45, 7) is 0. The monoisotopic (exact) mass is 170 g/mol. The zero-order valence-electron chi connectivity index (χ0n) is 4.89. The molecule has 10 heavy (non-hydrogen) atoms. The predicted octanol–water partition coefficient (Wildman–Crippen LogP) is 2.27.